The van der Waals surface area contributed by atoms with Crippen molar-refractivity contribution < 1.29 is 0 Å². The molecule has 78 valence electrons. The number of hydrogen-bond acceptors (Lipinski definition) is 3. The average Bonchev–Trinajstić information content (AvgIpc) is 2.73. The van der Waals surface area contributed by atoms with Crippen molar-refractivity contribution in [2.75, 3.05) is 0 Å². The zero-order valence-electron chi connectivity index (χ0n) is 8.97. The molecule has 1 fully saturated rings. The van der Waals surface area contributed by atoms with E-state index in [1.165, 1.54) is 35.6 Å². The Bertz CT molecular complexity index is 324. The van der Waals surface area contributed by atoms with Gasteiger partial charge in [-0.3, -0.25) is 0 Å². The summed E-state index contributed by atoms with van der Waals surface area (Å²) in [7, 11) is 0. The Hall–Kier alpha value is -0.410. The van der Waals surface area contributed by atoms with Crippen LogP contribution in [0, 0.1) is 6.92 Å². The summed E-state index contributed by atoms with van der Waals surface area (Å²) >= 11 is 1.82. The molecular weight excluding hydrogens is 192 g/mol. The fourth-order valence-electron chi connectivity index (χ4n) is 2.24. The molecule has 0 unspecified atom stereocenters. The van der Waals surface area contributed by atoms with E-state index in [1.807, 2.05) is 11.3 Å². The monoisotopic (exact) mass is 210 g/mol. The maximum atomic E-state index is 5.68. The van der Waals surface area contributed by atoms with E-state index in [1.54, 1.807) is 0 Å². The molecule has 0 aromatic carbocycles. The molecule has 0 radical (unpaired) electrons. The van der Waals surface area contributed by atoms with Crippen LogP contribution in [0.15, 0.2) is 0 Å². The van der Waals surface area contributed by atoms with Crippen molar-refractivity contribution in [1.29, 1.82) is 0 Å². The van der Waals surface area contributed by atoms with Gasteiger partial charge in [0.1, 0.15) is 0 Å². The largest absolute Gasteiger partial charge is 0.326 e. The van der Waals surface area contributed by atoms with E-state index in [4.69, 9.17) is 5.73 Å². The fourth-order valence-corrected chi connectivity index (χ4v) is 3.39. The number of thiazole rings is 1. The molecule has 1 saturated carbocycles. The van der Waals surface area contributed by atoms with Gasteiger partial charge in [-0.2, -0.15) is 0 Å². The van der Waals surface area contributed by atoms with Crippen LogP contribution < -0.4 is 5.73 Å². The maximum absolute atomic E-state index is 5.68. The van der Waals surface area contributed by atoms with Crippen molar-refractivity contribution in [2.24, 2.45) is 5.73 Å². The number of rotatable bonds is 2. The molecule has 2 N–H and O–H groups in total. The predicted octanol–water partition coefficient (Wildman–Crippen LogP) is 2.74. The van der Waals surface area contributed by atoms with Gasteiger partial charge < -0.3 is 5.73 Å². The summed E-state index contributed by atoms with van der Waals surface area (Å²) in [5.74, 6) is 0. The van der Waals surface area contributed by atoms with Crippen molar-refractivity contribution >= 4 is 11.3 Å². The molecule has 0 bridgehead atoms. The number of aryl methyl sites for hydroxylation is 1. The molecule has 2 nitrogen and oxygen atoms in total. The first-order valence-corrected chi connectivity index (χ1v) is 6.14. The first-order valence-electron chi connectivity index (χ1n) is 5.32. The van der Waals surface area contributed by atoms with Gasteiger partial charge in [-0.05, 0) is 19.8 Å². The van der Waals surface area contributed by atoms with Gasteiger partial charge in [0.2, 0.25) is 0 Å². The second-order valence-corrected chi connectivity index (χ2v) is 5.58. The van der Waals surface area contributed by atoms with Crippen LogP contribution in [0.5, 0.6) is 0 Å². The van der Waals surface area contributed by atoms with Crippen LogP contribution in [0.25, 0.3) is 0 Å². The summed E-state index contributed by atoms with van der Waals surface area (Å²) in [5.41, 5.74) is 7.17. The third kappa shape index (κ3) is 1.59. The molecule has 1 aromatic heterocycles. The standard InChI is InChI=1S/C11H18N2S/c1-8-9(7-12)14-10(13-8)11(2)5-3-4-6-11/h3-7,12H2,1-2H3. The molecule has 1 heterocycles. The summed E-state index contributed by atoms with van der Waals surface area (Å²) in [4.78, 5) is 5.93. The number of nitrogens with two attached hydrogens (primary N) is 1. The molecule has 0 atom stereocenters. The zero-order chi connectivity index (χ0) is 10.2. The van der Waals surface area contributed by atoms with Crippen molar-refractivity contribution in [3.8, 4) is 0 Å². The van der Waals surface area contributed by atoms with E-state index < -0.39 is 0 Å². The Morgan fingerprint density at radius 3 is 2.57 bits per heavy atom. The second-order valence-electron chi connectivity index (χ2n) is 4.50. The molecule has 1 aliphatic rings. The minimum Gasteiger partial charge on any atom is -0.326 e. The Kier molecular flexibility index (Phi) is 2.62. The number of aromatic nitrogens is 1. The highest BCUT2D eigenvalue weighted by Crippen LogP contribution is 2.42. The Morgan fingerprint density at radius 1 is 1.43 bits per heavy atom. The molecule has 2 rings (SSSR count). The van der Waals surface area contributed by atoms with Crippen molar-refractivity contribution in [3.05, 3.63) is 15.6 Å². The van der Waals surface area contributed by atoms with Crippen LogP contribution in [-0.2, 0) is 12.0 Å². The normalized spacial score (nSPS) is 20.2. The molecule has 1 aromatic rings. The Balaban J connectivity index is 2.31. The molecule has 0 amide bonds. The van der Waals surface area contributed by atoms with E-state index in [9.17, 15) is 0 Å². The van der Waals surface area contributed by atoms with Crippen molar-refractivity contribution in [1.82, 2.24) is 4.98 Å². The first kappa shape index (κ1) is 10.1. The van der Waals surface area contributed by atoms with Gasteiger partial charge in [-0.25, -0.2) is 4.98 Å². The lowest BCUT2D eigenvalue weighted by Gasteiger charge is -2.19. The van der Waals surface area contributed by atoms with Gasteiger partial charge in [0.05, 0.1) is 10.7 Å². The molecule has 14 heavy (non-hydrogen) atoms. The summed E-state index contributed by atoms with van der Waals surface area (Å²) < 4.78 is 0. The quantitative estimate of drug-likeness (QED) is 0.815. The minimum atomic E-state index is 0.350. The zero-order valence-corrected chi connectivity index (χ0v) is 9.78. The van der Waals surface area contributed by atoms with Crippen molar-refractivity contribution in [2.45, 2.75) is 51.5 Å². The Morgan fingerprint density at radius 2 is 2.07 bits per heavy atom. The molecule has 0 spiro atoms. The molecule has 3 heteroatoms. The van der Waals surface area contributed by atoms with Crippen LogP contribution in [0.2, 0.25) is 0 Å². The minimum absolute atomic E-state index is 0.350. The fraction of sp³-hybridized carbons (Fsp3) is 0.727. The topological polar surface area (TPSA) is 38.9 Å². The van der Waals surface area contributed by atoms with E-state index in [-0.39, 0.29) is 0 Å². The number of hydrogen-bond donors (Lipinski definition) is 1. The van der Waals surface area contributed by atoms with E-state index in [0.717, 1.165) is 5.69 Å². The third-order valence-electron chi connectivity index (χ3n) is 3.30. The SMILES string of the molecule is Cc1nc(C2(C)CCCC2)sc1CN. The summed E-state index contributed by atoms with van der Waals surface area (Å²) in [6.45, 7) is 5.05. The molecule has 0 saturated heterocycles. The lowest BCUT2D eigenvalue weighted by Crippen LogP contribution is -2.16. The van der Waals surface area contributed by atoms with Crippen molar-refractivity contribution in [3.63, 3.8) is 0 Å². The highest BCUT2D eigenvalue weighted by Gasteiger charge is 2.33. The summed E-state index contributed by atoms with van der Waals surface area (Å²) in [6.07, 6.45) is 5.30. The number of nitrogens with zero attached hydrogens (tertiary/aromatic N) is 1. The average molecular weight is 210 g/mol. The van der Waals surface area contributed by atoms with Crippen LogP contribution in [-0.4, -0.2) is 4.98 Å². The van der Waals surface area contributed by atoms with Gasteiger partial charge in [0, 0.05) is 16.8 Å². The molecule has 1 aliphatic carbocycles. The van der Waals surface area contributed by atoms with Gasteiger partial charge in [0.15, 0.2) is 0 Å². The molecular formula is C11H18N2S. The van der Waals surface area contributed by atoms with Gasteiger partial charge in [0.25, 0.3) is 0 Å². The van der Waals surface area contributed by atoms with E-state index in [2.05, 4.69) is 18.8 Å². The predicted molar refractivity (Wildman–Crippen MR) is 60.6 cm³/mol. The molecule has 0 aliphatic heterocycles. The highest BCUT2D eigenvalue weighted by atomic mass is 32.1. The Labute approximate surface area is 89.5 Å². The smallest absolute Gasteiger partial charge is 0.0990 e. The maximum Gasteiger partial charge on any atom is 0.0990 e. The third-order valence-corrected chi connectivity index (χ3v) is 4.79. The van der Waals surface area contributed by atoms with Gasteiger partial charge in [-0.15, -0.1) is 11.3 Å². The first-order chi connectivity index (χ1) is 6.65. The van der Waals surface area contributed by atoms with Crippen LogP contribution in [0.4, 0.5) is 0 Å². The van der Waals surface area contributed by atoms with Gasteiger partial charge >= 0.3 is 0 Å². The van der Waals surface area contributed by atoms with Crippen LogP contribution in [0.3, 0.4) is 0 Å². The van der Waals surface area contributed by atoms with E-state index >= 15 is 0 Å². The van der Waals surface area contributed by atoms with Gasteiger partial charge in [-0.1, -0.05) is 19.8 Å². The lowest BCUT2D eigenvalue weighted by atomic mass is 9.90. The highest BCUT2D eigenvalue weighted by molar-refractivity contribution is 7.11. The summed E-state index contributed by atoms with van der Waals surface area (Å²) in [5, 5.41) is 1.31. The van der Waals surface area contributed by atoms with Crippen LogP contribution >= 0.6 is 11.3 Å². The van der Waals surface area contributed by atoms with Crippen LogP contribution in [0.1, 0.15) is 48.2 Å². The second kappa shape index (κ2) is 3.63. The van der Waals surface area contributed by atoms with E-state index in [0.29, 0.717) is 12.0 Å². The summed E-state index contributed by atoms with van der Waals surface area (Å²) in [6, 6.07) is 0. The lowest BCUT2D eigenvalue weighted by molar-refractivity contribution is 0.487.